The maximum atomic E-state index is 12.7. The van der Waals surface area contributed by atoms with Gasteiger partial charge in [-0.2, -0.15) is 0 Å². The van der Waals surface area contributed by atoms with Gasteiger partial charge >= 0.3 is 0 Å². The molecule has 1 fully saturated rings. The number of benzene rings is 2. The molecule has 176 valence electrons. The van der Waals surface area contributed by atoms with Crippen molar-refractivity contribution in [1.82, 2.24) is 16.2 Å². The summed E-state index contributed by atoms with van der Waals surface area (Å²) < 4.78 is 44.3. The number of amides is 1. The Hall–Kier alpha value is -3.09. The van der Waals surface area contributed by atoms with Gasteiger partial charge in [-0.15, -0.1) is 0 Å². The van der Waals surface area contributed by atoms with Crippen molar-refractivity contribution in [2.24, 2.45) is 0 Å². The number of hydrogen-bond acceptors (Lipinski definition) is 7. The minimum absolute atomic E-state index is 0.0433. The van der Waals surface area contributed by atoms with E-state index in [-0.39, 0.29) is 16.1 Å². The van der Waals surface area contributed by atoms with Gasteiger partial charge in [-0.25, -0.2) is 8.42 Å². The molecular weight excluding hydrogens is 468 g/mol. The van der Waals surface area contributed by atoms with Gasteiger partial charge in [0.15, 0.2) is 16.6 Å². The van der Waals surface area contributed by atoms with Crippen LogP contribution in [-0.2, 0) is 14.8 Å². The Morgan fingerprint density at radius 1 is 1.00 bits per heavy atom. The van der Waals surface area contributed by atoms with Crippen molar-refractivity contribution >= 4 is 38.9 Å². The summed E-state index contributed by atoms with van der Waals surface area (Å²) in [7, 11) is -3.85. The van der Waals surface area contributed by atoms with Crippen LogP contribution in [0.1, 0.15) is 23.2 Å². The number of fused-ring (bicyclic) bond motifs is 1. The number of sulfonamides is 1. The van der Waals surface area contributed by atoms with Crippen LogP contribution in [0.15, 0.2) is 47.4 Å². The van der Waals surface area contributed by atoms with Gasteiger partial charge in [0.2, 0.25) is 0 Å². The molecule has 10 nitrogen and oxygen atoms in total. The van der Waals surface area contributed by atoms with Crippen LogP contribution in [0.2, 0.25) is 0 Å². The first-order valence-corrected chi connectivity index (χ1v) is 12.3. The molecule has 0 unspecified atom stereocenters. The van der Waals surface area contributed by atoms with Crippen molar-refractivity contribution in [3.63, 3.8) is 0 Å². The number of rotatable bonds is 6. The van der Waals surface area contributed by atoms with Gasteiger partial charge < -0.3 is 19.5 Å². The number of ether oxygens (including phenoxy) is 3. The lowest BCUT2D eigenvalue weighted by atomic mass is 10.2. The second-order valence-corrected chi connectivity index (χ2v) is 9.50. The van der Waals surface area contributed by atoms with Crippen molar-refractivity contribution in [1.29, 1.82) is 0 Å². The minimum atomic E-state index is -3.85. The summed E-state index contributed by atoms with van der Waals surface area (Å²) in [5.74, 6) is 0.468. The second kappa shape index (κ2) is 10.2. The molecule has 0 aliphatic carbocycles. The highest BCUT2D eigenvalue weighted by Gasteiger charge is 2.20. The fraction of sp³-hybridized carbons (Fsp3) is 0.333. The highest BCUT2D eigenvalue weighted by Crippen LogP contribution is 2.32. The SMILES string of the molecule is O=C(NNC(=S)NC[C@H]1CCCO1)c1ccc(NS(=O)(=O)c2ccc3c(c2)OCCO3)cc1. The Morgan fingerprint density at radius 3 is 2.48 bits per heavy atom. The zero-order valence-electron chi connectivity index (χ0n) is 17.6. The summed E-state index contributed by atoms with van der Waals surface area (Å²) in [6, 6.07) is 10.4. The van der Waals surface area contributed by atoms with Crippen LogP contribution in [0, 0.1) is 0 Å². The number of hydrogen-bond donors (Lipinski definition) is 4. The van der Waals surface area contributed by atoms with Crippen LogP contribution in [-0.4, -0.2) is 51.9 Å². The van der Waals surface area contributed by atoms with Gasteiger partial charge in [0.1, 0.15) is 13.2 Å². The third-order valence-electron chi connectivity index (χ3n) is 5.03. The molecule has 0 saturated carbocycles. The van der Waals surface area contributed by atoms with E-state index in [1.807, 2.05) is 0 Å². The van der Waals surface area contributed by atoms with Crippen LogP contribution < -0.4 is 30.4 Å². The van der Waals surface area contributed by atoms with Gasteiger partial charge in [-0.1, -0.05) is 0 Å². The molecule has 0 aromatic heterocycles. The molecule has 4 N–H and O–H groups in total. The number of carbonyl (C=O) groups is 1. The van der Waals surface area contributed by atoms with Crippen LogP contribution >= 0.6 is 12.2 Å². The van der Waals surface area contributed by atoms with Gasteiger partial charge in [-0.05, 0) is 61.5 Å². The first kappa shape index (κ1) is 23.1. The van der Waals surface area contributed by atoms with Crippen LogP contribution in [0.5, 0.6) is 11.5 Å². The van der Waals surface area contributed by atoms with Crippen LogP contribution in [0.3, 0.4) is 0 Å². The molecule has 0 spiro atoms. The van der Waals surface area contributed by atoms with Gasteiger partial charge in [0, 0.05) is 30.5 Å². The maximum absolute atomic E-state index is 12.7. The van der Waals surface area contributed by atoms with E-state index in [0.29, 0.717) is 42.5 Å². The van der Waals surface area contributed by atoms with Crippen LogP contribution in [0.4, 0.5) is 5.69 Å². The van der Waals surface area contributed by atoms with E-state index in [9.17, 15) is 13.2 Å². The van der Waals surface area contributed by atoms with E-state index in [2.05, 4.69) is 20.9 Å². The minimum Gasteiger partial charge on any atom is -0.486 e. The van der Waals surface area contributed by atoms with Crippen molar-refractivity contribution < 1.29 is 27.4 Å². The van der Waals surface area contributed by atoms with E-state index in [1.54, 1.807) is 6.07 Å². The Balaban J connectivity index is 1.30. The molecule has 2 aromatic rings. The zero-order chi connectivity index (χ0) is 23.3. The smallest absolute Gasteiger partial charge is 0.269 e. The molecule has 33 heavy (non-hydrogen) atoms. The summed E-state index contributed by atoms with van der Waals surface area (Å²) in [6.07, 6.45) is 2.14. The Labute approximate surface area is 197 Å². The number of anilines is 1. The fourth-order valence-electron chi connectivity index (χ4n) is 3.34. The summed E-state index contributed by atoms with van der Waals surface area (Å²) >= 11 is 5.14. The normalized spacial score (nSPS) is 17.2. The van der Waals surface area contributed by atoms with E-state index in [4.69, 9.17) is 26.4 Å². The van der Waals surface area contributed by atoms with Gasteiger partial charge in [0.25, 0.3) is 15.9 Å². The number of carbonyl (C=O) groups excluding carboxylic acids is 1. The average Bonchev–Trinajstić information content (AvgIpc) is 3.35. The van der Waals surface area contributed by atoms with E-state index in [0.717, 1.165) is 19.4 Å². The van der Waals surface area contributed by atoms with Crippen LogP contribution in [0.25, 0.3) is 0 Å². The molecule has 2 aromatic carbocycles. The van der Waals surface area contributed by atoms with Gasteiger partial charge in [-0.3, -0.25) is 20.4 Å². The summed E-state index contributed by atoms with van der Waals surface area (Å²) in [4.78, 5) is 12.4. The Bertz CT molecular complexity index is 1120. The highest BCUT2D eigenvalue weighted by atomic mass is 32.2. The molecule has 1 atom stereocenters. The predicted octanol–water partition coefficient (Wildman–Crippen LogP) is 1.55. The molecule has 12 heteroatoms. The molecule has 1 saturated heterocycles. The van der Waals surface area contributed by atoms with Gasteiger partial charge in [0.05, 0.1) is 11.0 Å². The standard InChI is InChI=1S/C21H24N4O6S2/c26-20(23-24-21(32)22-13-16-2-1-9-29-16)14-3-5-15(6-4-14)25-33(27,28)17-7-8-18-19(12-17)31-11-10-30-18/h3-8,12,16,25H,1-2,9-11,13H2,(H,23,26)(H2,22,24,32)/t16-/m1/s1. The maximum Gasteiger partial charge on any atom is 0.269 e. The van der Waals surface area contributed by atoms with E-state index in [1.165, 1.54) is 36.4 Å². The molecule has 2 heterocycles. The van der Waals surface area contributed by atoms with E-state index < -0.39 is 15.9 Å². The second-order valence-electron chi connectivity index (χ2n) is 7.41. The van der Waals surface area contributed by atoms with E-state index >= 15 is 0 Å². The number of hydrazine groups is 1. The largest absolute Gasteiger partial charge is 0.486 e. The first-order valence-electron chi connectivity index (χ1n) is 10.4. The summed E-state index contributed by atoms with van der Waals surface area (Å²) in [5.41, 5.74) is 5.77. The number of thiocarbonyl (C=S) groups is 1. The Kier molecular flexibility index (Phi) is 7.16. The number of nitrogens with one attached hydrogen (secondary N) is 4. The third kappa shape index (κ3) is 6.03. The van der Waals surface area contributed by atoms with Crippen molar-refractivity contribution in [2.75, 3.05) is 31.1 Å². The predicted molar refractivity (Wildman–Crippen MR) is 125 cm³/mol. The Morgan fingerprint density at radius 2 is 1.76 bits per heavy atom. The summed E-state index contributed by atoms with van der Waals surface area (Å²) in [6.45, 7) is 2.11. The monoisotopic (exact) mass is 492 g/mol. The lowest BCUT2D eigenvalue weighted by Gasteiger charge is -2.19. The molecule has 0 radical (unpaired) electrons. The molecule has 1 amide bonds. The summed E-state index contributed by atoms with van der Waals surface area (Å²) in [5, 5.41) is 3.27. The zero-order valence-corrected chi connectivity index (χ0v) is 19.3. The third-order valence-corrected chi connectivity index (χ3v) is 6.65. The average molecular weight is 493 g/mol. The quantitative estimate of drug-likeness (QED) is 0.351. The lowest BCUT2D eigenvalue weighted by molar-refractivity contribution is 0.0943. The highest BCUT2D eigenvalue weighted by molar-refractivity contribution is 7.92. The molecule has 2 aliphatic rings. The lowest BCUT2D eigenvalue weighted by Crippen LogP contribution is -2.48. The van der Waals surface area contributed by atoms with Crippen molar-refractivity contribution in [3.8, 4) is 11.5 Å². The fourth-order valence-corrected chi connectivity index (χ4v) is 4.54. The molecular formula is C21H24N4O6S2. The first-order chi connectivity index (χ1) is 15.9. The molecule has 0 bridgehead atoms. The topological polar surface area (TPSA) is 127 Å². The molecule has 2 aliphatic heterocycles. The van der Waals surface area contributed by atoms with Crippen molar-refractivity contribution in [2.45, 2.75) is 23.8 Å². The molecule has 4 rings (SSSR count). The van der Waals surface area contributed by atoms with Crippen molar-refractivity contribution in [3.05, 3.63) is 48.0 Å².